The molecular formula is C11H12O4. The number of benzene rings is 1. The van der Waals surface area contributed by atoms with Gasteiger partial charge in [-0.2, -0.15) is 0 Å². The molecule has 1 aromatic rings. The molecule has 15 heavy (non-hydrogen) atoms. The van der Waals surface area contributed by atoms with Crippen molar-refractivity contribution in [3.8, 4) is 5.75 Å². The third-order valence-electron chi connectivity index (χ3n) is 1.85. The molecule has 4 heteroatoms. The van der Waals surface area contributed by atoms with Crippen molar-refractivity contribution in [2.75, 3.05) is 0 Å². The molecule has 0 saturated heterocycles. The Balaban J connectivity index is 2.47. The van der Waals surface area contributed by atoms with Crippen molar-refractivity contribution in [2.24, 2.45) is 0 Å². The van der Waals surface area contributed by atoms with E-state index in [2.05, 4.69) is 4.74 Å². The van der Waals surface area contributed by atoms with Gasteiger partial charge in [0.05, 0.1) is 6.42 Å². The van der Waals surface area contributed by atoms with Crippen LogP contribution < -0.4 is 0 Å². The van der Waals surface area contributed by atoms with Crippen molar-refractivity contribution in [1.82, 2.24) is 0 Å². The molecule has 1 rings (SSSR count). The minimum absolute atomic E-state index is 0.0805. The molecule has 0 fully saturated rings. The Morgan fingerprint density at radius 2 is 2.00 bits per heavy atom. The summed E-state index contributed by atoms with van der Waals surface area (Å²) in [5, 5.41) is 9.39. The zero-order valence-corrected chi connectivity index (χ0v) is 8.40. The third-order valence-corrected chi connectivity index (χ3v) is 1.85. The van der Waals surface area contributed by atoms with Gasteiger partial charge >= 0.3 is 11.9 Å². The van der Waals surface area contributed by atoms with Crippen molar-refractivity contribution in [1.29, 1.82) is 0 Å². The summed E-state index contributed by atoms with van der Waals surface area (Å²) in [7, 11) is 0. The predicted octanol–water partition coefficient (Wildman–Crippen LogP) is 1.41. The summed E-state index contributed by atoms with van der Waals surface area (Å²) in [6.07, 6.45) is 0.440. The van der Waals surface area contributed by atoms with Crippen LogP contribution in [0.5, 0.6) is 5.75 Å². The molecule has 1 N–H and O–H groups in total. The van der Waals surface area contributed by atoms with E-state index in [1.165, 1.54) is 6.92 Å². The molecule has 0 aliphatic rings. The molecule has 0 bridgehead atoms. The quantitative estimate of drug-likeness (QED) is 0.602. The number of hydrogen-bond acceptors (Lipinski definition) is 4. The van der Waals surface area contributed by atoms with E-state index in [1.807, 2.05) is 0 Å². The highest BCUT2D eigenvalue weighted by atomic mass is 16.6. The molecule has 0 amide bonds. The van der Waals surface area contributed by atoms with Crippen LogP contribution in [0, 0.1) is 0 Å². The summed E-state index contributed by atoms with van der Waals surface area (Å²) in [6, 6.07) is 6.74. The molecule has 0 aromatic heterocycles. The first-order valence-corrected chi connectivity index (χ1v) is 4.57. The van der Waals surface area contributed by atoms with Gasteiger partial charge in [0, 0.05) is 6.92 Å². The Kier molecular flexibility index (Phi) is 3.85. The molecular weight excluding hydrogens is 196 g/mol. The van der Waals surface area contributed by atoms with Crippen LogP contribution in [-0.2, 0) is 20.7 Å². The molecule has 1 aromatic carbocycles. The van der Waals surface area contributed by atoms with E-state index in [4.69, 9.17) is 0 Å². The fourth-order valence-electron chi connectivity index (χ4n) is 1.17. The van der Waals surface area contributed by atoms with Crippen LogP contribution >= 0.6 is 0 Å². The number of ether oxygens (including phenoxy) is 1. The molecule has 0 unspecified atom stereocenters. The normalized spacial score (nSPS) is 9.67. The van der Waals surface area contributed by atoms with Crippen LogP contribution in [0.25, 0.3) is 0 Å². The van der Waals surface area contributed by atoms with E-state index in [0.717, 1.165) is 0 Å². The lowest BCUT2D eigenvalue weighted by Gasteiger charge is -2.02. The number of rotatable bonds is 3. The zero-order valence-electron chi connectivity index (χ0n) is 8.40. The summed E-state index contributed by atoms with van der Waals surface area (Å²) in [5.41, 5.74) is 0.665. The van der Waals surface area contributed by atoms with Gasteiger partial charge in [-0.1, -0.05) is 18.2 Å². The van der Waals surface area contributed by atoms with E-state index in [0.29, 0.717) is 12.0 Å². The maximum atomic E-state index is 11.0. The van der Waals surface area contributed by atoms with E-state index in [9.17, 15) is 14.7 Å². The number of aryl methyl sites for hydroxylation is 1. The SMILES string of the molecule is CC(=O)OC(=O)CCc1ccccc1O. The highest BCUT2D eigenvalue weighted by molar-refractivity contribution is 5.84. The Labute approximate surface area is 87.5 Å². The van der Waals surface area contributed by atoms with E-state index in [-0.39, 0.29) is 12.2 Å². The highest BCUT2D eigenvalue weighted by Gasteiger charge is 2.07. The standard InChI is InChI=1S/C11H12O4/c1-8(12)15-11(14)7-6-9-4-2-3-5-10(9)13/h2-5,13H,6-7H2,1H3. The number of carbonyl (C=O) groups excluding carboxylic acids is 2. The Morgan fingerprint density at radius 3 is 2.60 bits per heavy atom. The average Bonchev–Trinajstić information content (AvgIpc) is 2.15. The first-order valence-electron chi connectivity index (χ1n) is 4.57. The van der Waals surface area contributed by atoms with Gasteiger partial charge in [0.2, 0.25) is 0 Å². The molecule has 0 atom stereocenters. The molecule has 0 heterocycles. The number of esters is 2. The monoisotopic (exact) mass is 208 g/mol. The number of hydrogen-bond donors (Lipinski definition) is 1. The molecule has 0 aliphatic carbocycles. The van der Waals surface area contributed by atoms with E-state index in [1.54, 1.807) is 24.3 Å². The summed E-state index contributed by atoms with van der Waals surface area (Å²) < 4.78 is 4.35. The largest absolute Gasteiger partial charge is 0.508 e. The summed E-state index contributed by atoms with van der Waals surface area (Å²) in [6.45, 7) is 1.18. The number of phenolic OH excluding ortho intramolecular Hbond substituents is 1. The van der Waals surface area contributed by atoms with Crippen LogP contribution in [0.3, 0.4) is 0 Å². The van der Waals surface area contributed by atoms with Crippen molar-refractivity contribution >= 4 is 11.9 Å². The summed E-state index contributed by atoms with van der Waals surface area (Å²) in [5.74, 6) is -1.05. The van der Waals surface area contributed by atoms with Crippen LogP contribution in [0.15, 0.2) is 24.3 Å². The molecule has 0 spiro atoms. The smallest absolute Gasteiger partial charge is 0.313 e. The molecule has 0 aliphatic heterocycles. The Morgan fingerprint density at radius 1 is 1.33 bits per heavy atom. The highest BCUT2D eigenvalue weighted by Crippen LogP contribution is 2.17. The van der Waals surface area contributed by atoms with Gasteiger partial charge in [-0.25, -0.2) is 0 Å². The molecule has 80 valence electrons. The van der Waals surface area contributed by atoms with Gasteiger partial charge in [0.1, 0.15) is 5.75 Å². The lowest BCUT2D eigenvalue weighted by molar-refractivity contribution is -0.157. The Hall–Kier alpha value is -1.84. The van der Waals surface area contributed by atoms with Crippen molar-refractivity contribution < 1.29 is 19.4 Å². The van der Waals surface area contributed by atoms with Crippen LogP contribution in [0.2, 0.25) is 0 Å². The average molecular weight is 208 g/mol. The molecule has 0 saturated carbocycles. The lowest BCUT2D eigenvalue weighted by atomic mass is 10.1. The van der Waals surface area contributed by atoms with Crippen molar-refractivity contribution in [3.05, 3.63) is 29.8 Å². The fraction of sp³-hybridized carbons (Fsp3) is 0.273. The predicted molar refractivity (Wildman–Crippen MR) is 53.2 cm³/mol. The number of carbonyl (C=O) groups is 2. The second kappa shape index (κ2) is 5.14. The second-order valence-corrected chi connectivity index (χ2v) is 3.09. The van der Waals surface area contributed by atoms with Crippen molar-refractivity contribution in [2.45, 2.75) is 19.8 Å². The maximum Gasteiger partial charge on any atom is 0.313 e. The fourth-order valence-corrected chi connectivity index (χ4v) is 1.17. The van der Waals surface area contributed by atoms with Gasteiger partial charge < -0.3 is 9.84 Å². The third kappa shape index (κ3) is 3.81. The van der Waals surface area contributed by atoms with Gasteiger partial charge in [-0.3, -0.25) is 9.59 Å². The molecule has 4 nitrogen and oxygen atoms in total. The van der Waals surface area contributed by atoms with Crippen LogP contribution in [0.1, 0.15) is 18.9 Å². The minimum Gasteiger partial charge on any atom is -0.508 e. The first-order chi connectivity index (χ1) is 7.09. The van der Waals surface area contributed by atoms with Gasteiger partial charge in [0.15, 0.2) is 0 Å². The van der Waals surface area contributed by atoms with Gasteiger partial charge in [-0.05, 0) is 18.1 Å². The first kappa shape index (κ1) is 11.2. The number of para-hydroxylation sites is 1. The topological polar surface area (TPSA) is 63.6 Å². The molecule has 0 radical (unpaired) electrons. The second-order valence-electron chi connectivity index (χ2n) is 3.09. The Bertz CT molecular complexity index is 371. The van der Waals surface area contributed by atoms with E-state index < -0.39 is 11.9 Å². The number of aromatic hydroxyl groups is 1. The number of phenols is 1. The zero-order chi connectivity index (χ0) is 11.3. The maximum absolute atomic E-state index is 11.0. The van der Waals surface area contributed by atoms with E-state index >= 15 is 0 Å². The summed E-state index contributed by atoms with van der Waals surface area (Å²) in [4.78, 5) is 21.5. The van der Waals surface area contributed by atoms with Crippen LogP contribution in [-0.4, -0.2) is 17.0 Å². The lowest BCUT2D eigenvalue weighted by Crippen LogP contribution is -2.09. The minimum atomic E-state index is -0.614. The van der Waals surface area contributed by atoms with Crippen LogP contribution in [0.4, 0.5) is 0 Å². The van der Waals surface area contributed by atoms with Gasteiger partial charge in [0.25, 0.3) is 0 Å². The summed E-state index contributed by atoms with van der Waals surface area (Å²) >= 11 is 0. The van der Waals surface area contributed by atoms with Gasteiger partial charge in [-0.15, -0.1) is 0 Å². The van der Waals surface area contributed by atoms with Crippen molar-refractivity contribution in [3.63, 3.8) is 0 Å².